The molecule has 1 heterocycles. The smallest absolute Gasteiger partial charge is 0.191 e. The second kappa shape index (κ2) is 10.3. The molecule has 0 amide bonds. The van der Waals surface area contributed by atoms with E-state index in [1.54, 1.807) is 23.9 Å². The maximum atomic E-state index is 12.6. The zero-order valence-corrected chi connectivity index (χ0v) is 19.8. The Morgan fingerprint density at radius 2 is 1.86 bits per heavy atom. The average molecular weight is 519 g/mol. The molecule has 0 aliphatic rings. The summed E-state index contributed by atoms with van der Waals surface area (Å²) in [7, 11) is -1.15. The van der Waals surface area contributed by atoms with Gasteiger partial charge >= 0.3 is 0 Å². The Kier molecular flexibility index (Phi) is 8.00. The first-order chi connectivity index (χ1) is 13.5. The maximum Gasteiger partial charge on any atom is 0.191 e. The predicted molar refractivity (Wildman–Crippen MR) is 121 cm³/mol. The summed E-state index contributed by atoms with van der Waals surface area (Å²) >= 11 is 17.2. The molecule has 0 aliphatic heterocycles. The maximum absolute atomic E-state index is 12.6. The van der Waals surface area contributed by atoms with Crippen molar-refractivity contribution in [2.24, 2.45) is 0 Å². The van der Waals surface area contributed by atoms with Crippen molar-refractivity contribution in [1.29, 1.82) is 0 Å². The minimum absolute atomic E-state index is 0.332. The molecule has 9 heteroatoms. The van der Waals surface area contributed by atoms with E-state index in [4.69, 9.17) is 23.2 Å². The molecule has 0 fully saturated rings. The average Bonchev–Trinajstić information content (AvgIpc) is 3.05. The van der Waals surface area contributed by atoms with E-state index in [2.05, 4.69) is 38.3 Å². The Hall–Kier alpha value is -0.860. The molecular formula is C19H18BrCl2N3OS2. The first-order valence-electron chi connectivity index (χ1n) is 8.54. The highest BCUT2D eigenvalue weighted by atomic mass is 79.9. The van der Waals surface area contributed by atoms with Crippen molar-refractivity contribution in [2.45, 2.75) is 35.9 Å². The van der Waals surface area contributed by atoms with Crippen molar-refractivity contribution < 1.29 is 4.21 Å². The second-order valence-corrected chi connectivity index (χ2v) is 10.2. The molecule has 0 spiro atoms. The lowest BCUT2D eigenvalue weighted by molar-refractivity contribution is 0.650. The van der Waals surface area contributed by atoms with Crippen LogP contribution >= 0.6 is 50.9 Å². The molecule has 0 bridgehead atoms. The van der Waals surface area contributed by atoms with Gasteiger partial charge in [-0.2, -0.15) is 0 Å². The molecule has 2 aromatic carbocycles. The molecule has 1 aromatic heterocycles. The largest absolute Gasteiger partial charge is 0.306 e. The monoisotopic (exact) mass is 517 g/mol. The highest BCUT2D eigenvalue weighted by Gasteiger charge is 2.15. The number of aromatic nitrogens is 3. The van der Waals surface area contributed by atoms with Gasteiger partial charge in [-0.1, -0.05) is 69.1 Å². The second-order valence-electron chi connectivity index (χ2n) is 6.02. The van der Waals surface area contributed by atoms with Crippen LogP contribution in [-0.4, -0.2) is 19.0 Å². The van der Waals surface area contributed by atoms with Crippen molar-refractivity contribution >= 4 is 61.7 Å². The molecule has 0 N–H and O–H groups in total. The third-order valence-electron chi connectivity index (χ3n) is 4.01. The summed E-state index contributed by atoms with van der Waals surface area (Å²) in [5.74, 6) is 2.21. The quantitative estimate of drug-likeness (QED) is 0.337. The fraction of sp³-hybridized carbons (Fsp3) is 0.263. The van der Waals surface area contributed by atoms with Gasteiger partial charge in [0.2, 0.25) is 0 Å². The summed E-state index contributed by atoms with van der Waals surface area (Å²) < 4.78 is 15.7. The van der Waals surface area contributed by atoms with Gasteiger partial charge < -0.3 is 4.57 Å². The third-order valence-corrected chi connectivity index (χ3v) is 7.38. The van der Waals surface area contributed by atoms with Gasteiger partial charge in [0.15, 0.2) is 5.16 Å². The molecule has 0 aliphatic carbocycles. The van der Waals surface area contributed by atoms with E-state index >= 15 is 0 Å². The van der Waals surface area contributed by atoms with Crippen molar-refractivity contribution in [2.75, 3.05) is 0 Å². The number of nitrogens with zero attached hydrogens (tertiary/aromatic N) is 3. The highest BCUT2D eigenvalue weighted by molar-refractivity contribution is 9.10. The number of hydrogen-bond acceptors (Lipinski definition) is 4. The zero-order chi connectivity index (χ0) is 20.1. The van der Waals surface area contributed by atoms with Crippen molar-refractivity contribution in [3.63, 3.8) is 0 Å². The Balaban J connectivity index is 1.65. The van der Waals surface area contributed by atoms with Crippen molar-refractivity contribution in [1.82, 2.24) is 14.8 Å². The van der Waals surface area contributed by atoms with Crippen LogP contribution in [0.4, 0.5) is 0 Å². The van der Waals surface area contributed by atoms with Gasteiger partial charge in [0, 0.05) is 37.6 Å². The van der Waals surface area contributed by atoms with E-state index < -0.39 is 10.8 Å². The van der Waals surface area contributed by atoms with Gasteiger partial charge in [0.25, 0.3) is 0 Å². The molecule has 0 unspecified atom stereocenters. The molecule has 3 aromatic rings. The molecule has 0 saturated carbocycles. The molecular weight excluding hydrogens is 501 g/mol. The highest BCUT2D eigenvalue weighted by Crippen LogP contribution is 2.25. The lowest BCUT2D eigenvalue weighted by atomic mass is 10.2. The van der Waals surface area contributed by atoms with Crippen molar-refractivity contribution in [3.05, 3.63) is 73.9 Å². The summed E-state index contributed by atoms with van der Waals surface area (Å²) in [6, 6.07) is 13.4. The number of halogens is 3. The first-order valence-corrected chi connectivity index (χ1v) is 12.6. The fourth-order valence-corrected chi connectivity index (χ4v) is 5.58. The first kappa shape index (κ1) is 21.8. The van der Waals surface area contributed by atoms with E-state index in [0.717, 1.165) is 33.3 Å². The minimum atomic E-state index is -1.15. The molecule has 3 rings (SSSR count). The van der Waals surface area contributed by atoms with Gasteiger partial charge in [-0.15, -0.1) is 10.2 Å². The Morgan fingerprint density at radius 1 is 1.11 bits per heavy atom. The lowest BCUT2D eigenvalue weighted by Crippen LogP contribution is -2.08. The number of hydrogen-bond donors (Lipinski definition) is 0. The van der Waals surface area contributed by atoms with Crippen molar-refractivity contribution in [3.8, 4) is 0 Å². The Labute approximate surface area is 189 Å². The summed E-state index contributed by atoms with van der Waals surface area (Å²) in [5.41, 5.74) is 2.03. The van der Waals surface area contributed by atoms with Gasteiger partial charge in [-0.05, 0) is 42.3 Å². The van der Waals surface area contributed by atoms with Crippen LogP contribution in [0.2, 0.25) is 10.0 Å². The summed E-state index contributed by atoms with van der Waals surface area (Å²) in [6.45, 7) is 2.76. The summed E-state index contributed by atoms with van der Waals surface area (Å²) in [4.78, 5) is 0. The molecule has 148 valence electrons. The van der Waals surface area contributed by atoms with E-state index in [0.29, 0.717) is 21.6 Å². The fourth-order valence-electron chi connectivity index (χ4n) is 2.59. The van der Waals surface area contributed by atoms with Crippen LogP contribution in [0.25, 0.3) is 0 Å². The zero-order valence-electron chi connectivity index (χ0n) is 15.1. The van der Waals surface area contributed by atoms with Crippen LogP contribution < -0.4 is 0 Å². The standard InChI is InChI=1S/C19H18BrCl2N3OS2/c1-2-25-18(12-28(26)11-14-5-8-16(21)9-17(14)22)23-24-19(25)27-10-13-3-6-15(20)7-4-13/h3-9H,2,10-12H2,1H3/t28-/m1/s1. The Morgan fingerprint density at radius 3 is 2.54 bits per heavy atom. The topological polar surface area (TPSA) is 47.8 Å². The van der Waals surface area contributed by atoms with Crippen LogP contribution in [0, 0.1) is 0 Å². The minimum Gasteiger partial charge on any atom is -0.306 e. The third kappa shape index (κ3) is 5.83. The van der Waals surface area contributed by atoms with Gasteiger partial charge in [-0.25, -0.2) is 0 Å². The van der Waals surface area contributed by atoms with Crippen LogP contribution in [0.3, 0.4) is 0 Å². The van der Waals surface area contributed by atoms with Crippen LogP contribution in [0.15, 0.2) is 52.1 Å². The van der Waals surface area contributed by atoms with E-state index in [1.165, 1.54) is 5.56 Å². The number of thioether (sulfide) groups is 1. The van der Waals surface area contributed by atoms with Gasteiger partial charge in [0.1, 0.15) is 5.82 Å². The number of benzene rings is 2. The van der Waals surface area contributed by atoms with E-state index in [9.17, 15) is 4.21 Å². The molecule has 1 atom stereocenters. The van der Waals surface area contributed by atoms with Crippen LogP contribution in [0.5, 0.6) is 0 Å². The normalized spacial score (nSPS) is 12.3. The molecule has 4 nitrogen and oxygen atoms in total. The Bertz CT molecular complexity index is 980. The molecule has 0 saturated heterocycles. The van der Waals surface area contributed by atoms with E-state index in [1.807, 2.05) is 29.7 Å². The number of rotatable bonds is 8. The molecule has 28 heavy (non-hydrogen) atoms. The lowest BCUT2D eigenvalue weighted by Gasteiger charge is -2.08. The summed E-state index contributed by atoms with van der Waals surface area (Å²) in [6.07, 6.45) is 0. The SMILES string of the molecule is CCn1c(C[S@](=O)Cc2ccc(Cl)cc2Cl)nnc1SCc1ccc(Br)cc1. The van der Waals surface area contributed by atoms with E-state index in [-0.39, 0.29) is 0 Å². The van der Waals surface area contributed by atoms with Crippen LogP contribution in [-0.2, 0) is 34.6 Å². The predicted octanol–water partition coefficient (Wildman–Crippen LogP) is 6.11. The summed E-state index contributed by atoms with van der Waals surface area (Å²) in [5, 5.41) is 10.5. The van der Waals surface area contributed by atoms with Crippen LogP contribution in [0.1, 0.15) is 23.9 Å². The molecule has 0 radical (unpaired) electrons. The van der Waals surface area contributed by atoms with Gasteiger partial charge in [0.05, 0.1) is 11.5 Å². The van der Waals surface area contributed by atoms with Gasteiger partial charge in [-0.3, -0.25) is 4.21 Å².